The number of rotatable bonds is 2. The summed E-state index contributed by atoms with van der Waals surface area (Å²) in [5.74, 6) is 0. The summed E-state index contributed by atoms with van der Waals surface area (Å²) in [6.45, 7) is 0.952. The van der Waals surface area contributed by atoms with Crippen LogP contribution in [-0.4, -0.2) is 18.7 Å². The zero-order chi connectivity index (χ0) is 6.57. The molecule has 0 aliphatic rings. The molecule has 0 aromatic rings. The van der Waals surface area contributed by atoms with Crippen molar-refractivity contribution in [3.63, 3.8) is 0 Å². The number of nitrogens with one attached hydrogen (secondary N) is 1. The van der Waals surface area contributed by atoms with Crippen LogP contribution in [0.2, 0.25) is 0 Å². The van der Waals surface area contributed by atoms with Crippen LogP contribution in [0.3, 0.4) is 0 Å². The van der Waals surface area contributed by atoms with Crippen molar-refractivity contribution >= 4 is 6.03 Å². The minimum absolute atomic E-state index is 0.465. The average molecular weight is 120 g/mol. The number of hydrogen-bond acceptors (Lipinski definition) is 1. The summed E-state index contributed by atoms with van der Waals surface area (Å²) in [5.41, 5.74) is 4.65. The predicted octanol–water partition coefficient (Wildman–Crippen LogP) is 0.0127. The zero-order valence-electron chi connectivity index (χ0n) is 4.65. The molecule has 8 heavy (non-hydrogen) atoms. The molecule has 0 saturated carbocycles. The molecule has 48 valence electrons. The number of carbonyl (C=O) groups excluding carboxylic acids is 1. The molecule has 4 heteroatoms. The SMILES string of the molecule is CC(CF)NC(N)=O. The second-order valence-corrected chi connectivity index (χ2v) is 1.56. The van der Waals surface area contributed by atoms with E-state index >= 15 is 0 Å². The summed E-state index contributed by atoms with van der Waals surface area (Å²) in [7, 11) is 0. The van der Waals surface area contributed by atoms with Gasteiger partial charge in [0.1, 0.15) is 6.67 Å². The molecule has 0 aliphatic heterocycles. The van der Waals surface area contributed by atoms with Crippen molar-refractivity contribution in [1.82, 2.24) is 5.32 Å². The predicted molar refractivity (Wildman–Crippen MR) is 28.2 cm³/mol. The normalized spacial score (nSPS) is 12.8. The zero-order valence-corrected chi connectivity index (χ0v) is 4.65. The fourth-order valence-corrected chi connectivity index (χ4v) is 0.281. The summed E-state index contributed by atoms with van der Waals surface area (Å²) in [6, 6.07) is -1.15. The molecule has 0 aromatic carbocycles. The fraction of sp³-hybridized carbons (Fsp3) is 0.750. The van der Waals surface area contributed by atoms with E-state index in [1.54, 1.807) is 0 Å². The second kappa shape index (κ2) is 3.23. The quantitative estimate of drug-likeness (QED) is 0.530. The molecule has 0 saturated heterocycles. The number of primary amides is 1. The highest BCUT2D eigenvalue weighted by molar-refractivity contribution is 5.71. The molecule has 3 nitrogen and oxygen atoms in total. The van der Waals surface area contributed by atoms with Crippen LogP contribution in [0.15, 0.2) is 0 Å². The molecule has 1 atom stereocenters. The Kier molecular flexibility index (Phi) is 2.91. The molecule has 0 spiro atoms. The number of amides is 2. The lowest BCUT2D eigenvalue weighted by molar-refractivity contribution is 0.243. The molecule has 3 N–H and O–H groups in total. The van der Waals surface area contributed by atoms with Gasteiger partial charge in [-0.3, -0.25) is 0 Å². The monoisotopic (exact) mass is 120 g/mol. The number of nitrogens with two attached hydrogens (primary N) is 1. The Labute approximate surface area is 47.1 Å². The van der Waals surface area contributed by atoms with Crippen molar-refractivity contribution < 1.29 is 9.18 Å². The van der Waals surface area contributed by atoms with Crippen LogP contribution >= 0.6 is 0 Å². The highest BCUT2D eigenvalue weighted by atomic mass is 19.1. The summed E-state index contributed by atoms with van der Waals surface area (Å²) in [6.07, 6.45) is 0. The standard InChI is InChI=1S/C4H9FN2O/c1-3(2-5)7-4(6)8/h3H,2H2,1H3,(H3,6,7,8). The van der Waals surface area contributed by atoms with E-state index in [1.165, 1.54) is 6.92 Å². The van der Waals surface area contributed by atoms with E-state index in [2.05, 4.69) is 11.1 Å². The summed E-state index contributed by atoms with van der Waals surface area (Å²) >= 11 is 0. The van der Waals surface area contributed by atoms with Crippen LogP contribution in [0.5, 0.6) is 0 Å². The lowest BCUT2D eigenvalue weighted by Gasteiger charge is -2.04. The molecule has 1 unspecified atom stereocenters. The summed E-state index contributed by atoms with van der Waals surface area (Å²) in [4.78, 5) is 9.91. The summed E-state index contributed by atoms with van der Waals surface area (Å²) in [5, 5.41) is 2.16. The van der Waals surface area contributed by atoms with E-state index in [9.17, 15) is 9.18 Å². The fourth-order valence-electron chi connectivity index (χ4n) is 0.281. The third kappa shape index (κ3) is 3.39. The van der Waals surface area contributed by atoms with Gasteiger partial charge in [-0.2, -0.15) is 0 Å². The van der Waals surface area contributed by atoms with Gasteiger partial charge in [-0.05, 0) is 6.92 Å². The van der Waals surface area contributed by atoms with Crippen LogP contribution < -0.4 is 11.1 Å². The summed E-state index contributed by atoms with van der Waals surface area (Å²) < 4.78 is 11.5. The van der Waals surface area contributed by atoms with Gasteiger partial charge in [0.2, 0.25) is 0 Å². The first kappa shape index (κ1) is 7.20. The largest absolute Gasteiger partial charge is 0.352 e. The lowest BCUT2D eigenvalue weighted by atomic mass is 10.4. The Morgan fingerprint density at radius 1 is 2.00 bits per heavy atom. The molecule has 0 heterocycles. The van der Waals surface area contributed by atoms with Crippen LogP contribution in [0.4, 0.5) is 9.18 Å². The third-order valence-corrected chi connectivity index (χ3v) is 0.620. The smallest absolute Gasteiger partial charge is 0.312 e. The Bertz CT molecular complexity index is 86.1. The molecule has 0 radical (unpaired) electrons. The van der Waals surface area contributed by atoms with E-state index in [-0.39, 0.29) is 0 Å². The maximum atomic E-state index is 11.5. The Hall–Kier alpha value is -0.800. The van der Waals surface area contributed by atoms with Crippen LogP contribution in [-0.2, 0) is 0 Å². The first-order chi connectivity index (χ1) is 3.66. The van der Waals surface area contributed by atoms with E-state index in [1.807, 2.05) is 0 Å². The maximum absolute atomic E-state index is 11.5. The van der Waals surface area contributed by atoms with Gasteiger partial charge in [0.15, 0.2) is 0 Å². The van der Waals surface area contributed by atoms with Gasteiger partial charge >= 0.3 is 6.03 Å². The van der Waals surface area contributed by atoms with Gasteiger partial charge in [-0.15, -0.1) is 0 Å². The average Bonchev–Trinajstić information content (AvgIpc) is 1.65. The van der Waals surface area contributed by atoms with Crippen LogP contribution in [0, 0.1) is 0 Å². The molecular weight excluding hydrogens is 111 g/mol. The highest BCUT2D eigenvalue weighted by Crippen LogP contribution is 1.79. The van der Waals surface area contributed by atoms with Crippen molar-refractivity contribution in [2.24, 2.45) is 5.73 Å². The van der Waals surface area contributed by atoms with Crippen molar-refractivity contribution in [1.29, 1.82) is 0 Å². The number of alkyl halides is 1. The molecule has 0 rings (SSSR count). The van der Waals surface area contributed by atoms with Gasteiger partial charge in [0.05, 0.1) is 6.04 Å². The van der Waals surface area contributed by atoms with Gasteiger partial charge in [-0.25, -0.2) is 9.18 Å². The topological polar surface area (TPSA) is 55.1 Å². The highest BCUT2D eigenvalue weighted by Gasteiger charge is 1.99. The van der Waals surface area contributed by atoms with Crippen molar-refractivity contribution in [3.05, 3.63) is 0 Å². The number of carbonyl (C=O) groups is 1. The first-order valence-corrected chi connectivity index (χ1v) is 2.28. The number of urea groups is 1. The first-order valence-electron chi connectivity index (χ1n) is 2.28. The molecular formula is C4H9FN2O. The van der Waals surface area contributed by atoms with Crippen LogP contribution in [0.25, 0.3) is 0 Å². The molecule has 0 fully saturated rings. The van der Waals surface area contributed by atoms with Crippen molar-refractivity contribution in [2.45, 2.75) is 13.0 Å². The third-order valence-electron chi connectivity index (χ3n) is 0.620. The van der Waals surface area contributed by atoms with Gasteiger partial charge in [-0.1, -0.05) is 0 Å². The Balaban J connectivity index is 3.24. The van der Waals surface area contributed by atoms with E-state index in [0.717, 1.165) is 0 Å². The van der Waals surface area contributed by atoms with Gasteiger partial charge in [0.25, 0.3) is 0 Å². The maximum Gasteiger partial charge on any atom is 0.312 e. The van der Waals surface area contributed by atoms with Crippen molar-refractivity contribution in [3.8, 4) is 0 Å². The molecule has 0 bridgehead atoms. The molecule has 2 amide bonds. The van der Waals surface area contributed by atoms with E-state index in [4.69, 9.17) is 0 Å². The van der Waals surface area contributed by atoms with E-state index in [0.29, 0.717) is 0 Å². The number of hydrogen-bond donors (Lipinski definition) is 2. The molecule has 0 aliphatic carbocycles. The second-order valence-electron chi connectivity index (χ2n) is 1.56. The van der Waals surface area contributed by atoms with Gasteiger partial charge in [0, 0.05) is 0 Å². The van der Waals surface area contributed by atoms with Crippen molar-refractivity contribution in [2.75, 3.05) is 6.67 Å². The minimum atomic E-state index is -0.685. The minimum Gasteiger partial charge on any atom is -0.352 e. The Morgan fingerprint density at radius 3 is 2.62 bits per heavy atom. The molecule has 0 aromatic heterocycles. The van der Waals surface area contributed by atoms with Crippen LogP contribution in [0.1, 0.15) is 6.92 Å². The van der Waals surface area contributed by atoms with Gasteiger partial charge < -0.3 is 11.1 Å². The Morgan fingerprint density at radius 2 is 2.50 bits per heavy atom. The number of halogens is 1. The van der Waals surface area contributed by atoms with E-state index < -0.39 is 18.7 Å². The lowest BCUT2D eigenvalue weighted by Crippen LogP contribution is -2.37.